The lowest BCUT2D eigenvalue weighted by Gasteiger charge is -2.14. The summed E-state index contributed by atoms with van der Waals surface area (Å²) in [5, 5.41) is 1.60. The van der Waals surface area contributed by atoms with Crippen molar-refractivity contribution in [2.75, 3.05) is 6.61 Å². The summed E-state index contributed by atoms with van der Waals surface area (Å²) in [6.45, 7) is 10.0. The topological polar surface area (TPSA) is 57.5 Å². The van der Waals surface area contributed by atoms with E-state index in [1.807, 2.05) is 32.0 Å². The standard InChI is InChI=1S/C24H24ClNO4/c1-5-10-29-24(28)18-6-9-23-21(12-18)16(3)17(4)26(23)13-19-11-20(7-8-22(19)25)30-15(2)14-27/h5-9,11-12,14-15H,1,10,13H2,2-4H3/t15-/m0/s1. The van der Waals surface area contributed by atoms with E-state index in [0.29, 0.717) is 22.9 Å². The zero-order valence-corrected chi connectivity index (χ0v) is 18.0. The molecule has 156 valence electrons. The maximum atomic E-state index is 12.2. The smallest absolute Gasteiger partial charge is 0.338 e. The Labute approximate surface area is 180 Å². The summed E-state index contributed by atoms with van der Waals surface area (Å²) < 4.78 is 12.9. The number of carbonyl (C=O) groups is 2. The van der Waals surface area contributed by atoms with Crippen molar-refractivity contribution < 1.29 is 19.1 Å². The fourth-order valence-corrected chi connectivity index (χ4v) is 3.53. The van der Waals surface area contributed by atoms with E-state index in [4.69, 9.17) is 21.1 Å². The number of aromatic nitrogens is 1. The van der Waals surface area contributed by atoms with Crippen molar-refractivity contribution in [3.63, 3.8) is 0 Å². The Balaban J connectivity index is 1.98. The molecule has 1 heterocycles. The van der Waals surface area contributed by atoms with Crippen molar-refractivity contribution in [2.24, 2.45) is 0 Å². The van der Waals surface area contributed by atoms with Gasteiger partial charge in [0.1, 0.15) is 12.4 Å². The summed E-state index contributed by atoms with van der Waals surface area (Å²) in [7, 11) is 0. The first-order valence-electron chi connectivity index (χ1n) is 9.63. The summed E-state index contributed by atoms with van der Waals surface area (Å²) in [6.07, 6.45) is 1.76. The fraction of sp³-hybridized carbons (Fsp3) is 0.250. The molecule has 0 spiro atoms. The molecule has 0 saturated carbocycles. The molecule has 0 unspecified atom stereocenters. The molecular formula is C24H24ClNO4. The number of aldehydes is 1. The first kappa shape index (κ1) is 21.7. The highest BCUT2D eigenvalue weighted by Crippen LogP contribution is 2.30. The molecule has 0 radical (unpaired) electrons. The van der Waals surface area contributed by atoms with Crippen molar-refractivity contribution in [1.29, 1.82) is 0 Å². The molecule has 0 amide bonds. The number of carbonyl (C=O) groups excluding carboxylic acids is 2. The summed E-state index contributed by atoms with van der Waals surface area (Å²) >= 11 is 6.43. The average molecular weight is 426 g/mol. The second kappa shape index (κ2) is 9.18. The lowest BCUT2D eigenvalue weighted by molar-refractivity contribution is -0.113. The predicted molar refractivity (Wildman–Crippen MR) is 119 cm³/mol. The highest BCUT2D eigenvalue weighted by molar-refractivity contribution is 6.31. The number of aryl methyl sites for hydroxylation is 1. The van der Waals surface area contributed by atoms with E-state index in [1.54, 1.807) is 31.2 Å². The van der Waals surface area contributed by atoms with Crippen LogP contribution in [0.5, 0.6) is 5.75 Å². The van der Waals surface area contributed by atoms with E-state index in [-0.39, 0.29) is 12.6 Å². The van der Waals surface area contributed by atoms with Crippen molar-refractivity contribution in [3.05, 3.63) is 76.5 Å². The van der Waals surface area contributed by atoms with Crippen LogP contribution in [0.1, 0.15) is 34.1 Å². The van der Waals surface area contributed by atoms with Crippen molar-refractivity contribution in [2.45, 2.75) is 33.4 Å². The Morgan fingerprint density at radius 2 is 2.00 bits per heavy atom. The molecule has 0 bridgehead atoms. The fourth-order valence-electron chi connectivity index (χ4n) is 3.36. The summed E-state index contributed by atoms with van der Waals surface area (Å²) in [5.74, 6) is 0.214. The van der Waals surface area contributed by atoms with Gasteiger partial charge in [-0.3, -0.25) is 4.79 Å². The highest BCUT2D eigenvalue weighted by atomic mass is 35.5. The van der Waals surface area contributed by atoms with Gasteiger partial charge in [0.25, 0.3) is 0 Å². The van der Waals surface area contributed by atoms with Crippen LogP contribution in [-0.4, -0.2) is 29.5 Å². The lowest BCUT2D eigenvalue weighted by atomic mass is 10.1. The number of halogens is 1. The number of benzene rings is 2. The normalized spacial score (nSPS) is 11.9. The van der Waals surface area contributed by atoms with Crippen LogP contribution in [0.3, 0.4) is 0 Å². The van der Waals surface area contributed by atoms with Gasteiger partial charge in [-0.2, -0.15) is 0 Å². The number of esters is 1. The van der Waals surface area contributed by atoms with Crippen LogP contribution in [0.4, 0.5) is 0 Å². The number of rotatable bonds is 8. The minimum Gasteiger partial charge on any atom is -0.483 e. The highest BCUT2D eigenvalue weighted by Gasteiger charge is 2.16. The van der Waals surface area contributed by atoms with E-state index < -0.39 is 6.10 Å². The van der Waals surface area contributed by atoms with Crippen molar-refractivity contribution in [3.8, 4) is 5.75 Å². The van der Waals surface area contributed by atoms with Crippen LogP contribution < -0.4 is 4.74 Å². The first-order chi connectivity index (χ1) is 14.3. The first-order valence-corrected chi connectivity index (χ1v) is 10.0. The molecule has 5 nitrogen and oxygen atoms in total. The van der Waals surface area contributed by atoms with Crippen LogP contribution in [-0.2, 0) is 16.1 Å². The van der Waals surface area contributed by atoms with E-state index >= 15 is 0 Å². The molecule has 0 aliphatic carbocycles. The summed E-state index contributed by atoms with van der Waals surface area (Å²) in [6, 6.07) is 10.9. The molecule has 30 heavy (non-hydrogen) atoms. The number of hydrogen-bond acceptors (Lipinski definition) is 4. The van der Waals surface area contributed by atoms with Crippen LogP contribution in [0.25, 0.3) is 10.9 Å². The number of nitrogens with zero attached hydrogens (tertiary/aromatic N) is 1. The van der Waals surface area contributed by atoms with Gasteiger partial charge < -0.3 is 14.0 Å². The van der Waals surface area contributed by atoms with Gasteiger partial charge in [0.05, 0.1) is 5.56 Å². The van der Waals surface area contributed by atoms with Gasteiger partial charge in [0, 0.05) is 28.2 Å². The Hall–Kier alpha value is -3.05. The Morgan fingerprint density at radius 3 is 2.70 bits per heavy atom. The summed E-state index contributed by atoms with van der Waals surface area (Å²) in [5.41, 5.74) is 4.53. The van der Waals surface area contributed by atoms with Crippen LogP contribution in [0.15, 0.2) is 49.1 Å². The minimum absolute atomic E-state index is 0.176. The van der Waals surface area contributed by atoms with Crippen LogP contribution in [0.2, 0.25) is 5.02 Å². The third-order valence-electron chi connectivity index (χ3n) is 5.07. The quantitative estimate of drug-likeness (QED) is 0.280. The molecule has 6 heteroatoms. The van der Waals surface area contributed by atoms with Crippen molar-refractivity contribution in [1.82, 2.24) is 4.57 Å². The number of ether oxygens (including phenoxy) is 2. The average Bonchev–Trinajstić information content (AvgIpc) is 2.98. The third-order valence-corrected chi connectivity index (χ3v) is 5.43. The monoisotopic (exact) mass is 425 g/mol. The molecule has 0 saturated heterocycles. The molecule has 1 aromatic heterocycles. The molecule has 0 fully saturated rings. The van der Waals surface area contributed by atoms with Gasteiger partial charge in [-0.1, -0.05) is 24.3 Å². The van der Waals surface area contributed by atoms with Gasteiger partial charge >= 0.3 is 5.97 Å². The van der Waals surface area contributed by atoms with Gasteiger partial charge in [-0.05, 0) is 68.3 Å². The van der Waals surface area contributed by atoms with Gasteiger partial charge in [0.2, 0.25) is 0 Å². The molecule has 0 N–H and O–H groups in total. The number of fused-ring (bicyclic) bond motifs is 1. The SMILES string of the molecule is C=CCOC(=O)c1ccc2c(c1)c(C)c(C)n2Cc1cc(O[C@@H](C)C=O)ccc1Cl. The van der Waals surface area contributed by atoms with Crippen LogP contribution >= 0.6 is 11.6 Å². The molecular weight excluding hydrogens is 402 g/mol. The molecule has 0 aliphatic heterocycles. The molecule has 3 aromatic rings. The van der Waals surface area contributed by atoms with Crippen molar-refractivity contribution >= 4 is 34.8 Å². The van der Waals surface area contributed by atoms with E-state index in [9.17, 15) is 9.59 Å². The lowest BCUT2D eigenvalue weighted by Crippen LogP contribution is -2.13. The van der Waals surface area contributed by atoms with E-state index in [2.05, 4.69) is 11.1 Å². The van der Waals surface area contributed by atoms with Gasteiger partial charge in [-0.15, -0.1) is 0 Å². The van der Waals surface area contributed by atoms with Crippen LogP contribution in [0, 0.1) is 13.8 Å². The summed E-state index contributed by atoms with van der Waals surface area (Å²) in [4.78, 5) is 23.1. The zero-order valence-electron chi connectivity index (χ0n) is 17.3. The number of hydrogen-bond donors (Lipinski definition) is 0. The van der Waals surface area contributed by atoms with Gasteiger partial charge in [-0.25, -0.2) is 4.79 Å². The maximum absolute atomic E-state index is 12.2. The second-order valence-electron chi connectivity index (χ2n) is 7.13. The van der Waals surface area contributed by atoms with E-state index in [1.165, 1.54) is 0 Å². The van der Waals surface area contributed by atoms with E-state index in [0.717, 1.165) is 34.0 Å². The maximum Gasteiger partial charge on any atom is 0.338 e. The molecule has 0 aliphatic rings. The zero-order chi connectivity index (χ0) is 21.8. The minimum atomic E-state index is -0.533. The Kier molecular flexibility index (Phi) is 6.63. The second-order valence-corrected chi connectivity index (χ2v) is 7.54. The third kappa shape index (κ3) is 4.41. The Bertz CT molecular complexity index is 1120. The predicted octanol–water partition coefficient (Wildman–Crippen LogP) is 5.27. The molecule has 3 rings (SSSR count). The van der Waals surface area contributed by atoms with Gasteiger partial charge in [0.15, 0.2) is 12.4 Å². The largest absolute Gasteiger partial charge is 0.483 e. The molecule has 1 atom stereocenters. The Morgan fingerprint density at radius 1 is 1.23 bits per heavy atom. The molecule has 2 aromatic carbocycles.